The van der Waals surface area contributed by atoms with Crippen molar-refractivity contribution in [2.24, 2.45) is 0 Å². The summed E-state index contributed by atoms with van der Waals surface area (Å²) in [5.41, 5.74) is -15.0. The van der Waals surface area contributed by atoms with E-state index in [0.717, 1.165) is 0 Å². The van der Waals surface area contributed by atoms with Crippen LogP contribution in [0.4, 0.5) is 26.3 Å². The van der Waals surface area contributed by atoms with Crippen LogP contribution >= 0.6 is 0 Å². The number of carboxylic acids is 1. The van der Waals surface area contributed by atoms with E-state index in [1.165, 1.54) is 6.92 Å². The molecule has 1 N–H and O–H groups in total. The first-order chi connectivity index (χ1) is 10.0. The molecule has 0 aromatic carbocycles. The third kappa shape index (κ3) is 5.10. The van der Waals surface area contributed by atoms with Crippen molar-refractivity contribution in [3.05, 3.63) is 0 Å². The molecule has 0 aliphatic carbocycles. The molecule has 0 aliphatic heterocycles. The van der Waals surface area contributed by atoms with Gasteiger partial charge < -0.3 is 5.11 Å². The molecule has 0 aromatic heterocycles. The van der Waals surface area contributed by atoms with Crippen molar-refractivity contribution in [2.75, 3.05) is 0 Å². The molecule has 138 valence electrons. The molecular formula is C8H11F6LiNO6S2+. The predicted molar refractivity (Wildman–Crippen MR) is 69.5 cm³/mol. The average Bonchev–Trinajstić information content (AvgIpc) is 2.30. The van der Waals surface area contributed by atoms with Crippen molar-refractivity contribution in [1.29, 1.82) is 0 Å². The summed E-state index contributed by atoms with van der Waals surface area (Å²) in [5.74, 6) is -2.54. The van der Waals surface area contributed by atoms with Crippen LogP contribution in [-0.4, -0.2) is 66.9 Å². The van der Waals surface area contributed by atoms with Gasteiger partial charge in [-0.1, -0.05) is 13.3 Å². The Balaban J connectivity index is 0. The Bertz CT molecular complexity index is 662. The third-order valence-corrected chi connectivity index (χ3v) is 5.92. The van der Waals surface area contributed by atoms with Gasteiger partial charge in [-0.3, -0.25) is 0 Å². The molecule has 0 aliphatic rings. The van der Waals surface area contributed by atoms with Gasteiger partial charge in [0.25, 0.3) is 5.71 Å². The van der Waals surface area contributed by atoms with Crippen molar-refractivity contribution in [2.45, 2.75) is 37.2 Å². The van der Waals surface area contributed by atoms with Crippen LogP contribution in [0.1, 0.15) is 26.2 Å². The maximum atomic E-state index is 12.5. The zero-order chi connectivity index (χ0) is 18.9. The summed E-state index contributed by atoms with van der Waals surface area (Å²) in [5, 5.41) is 8.69. The summed E-state index contributed by atoms with van der Waals surface area (Å²) in [4.78, 5) is 10.9. The molecule has 0 rings (SSSR count). The van der Waals surface area contributed by atoms with E-state index in [9.17, 15) is 48.0 Å². The summed E-state index contributed by atoms with van der Waals surface area (Å²) in [7, 11) is -14.3. The number of alkyl halides is 6. The average molecular weight is 402 g/mol. The topological polar surface area (TPSA) is 109 Å². The molecular weight excluding hydrogens is 391 g/mol. The van der Waals surface area contributed by atoms with Gasteiger partial charge in [-0.05, 0) is 6.42 Å². The summed E-state index contributed by atoms with van der Waals surface area (Å²) < 4.78 is 118. The fourth-order valence-corrected chi connectivity index (χ4v) is 4.06. The maximum absolute atomic E-state index is 12.5. The van der Waals surface area contributed by atoms with E-state index in [-0.39, 0.29) is 31.7 Å². The molecule has 0 atom stereocenters. The second-order valence-corrected chi connectivity index (χ2v) is 7.74. The van der Waals surface area contributed by atoms with Gasteiger partial charge in [0.15, 0.2) is 0 Å². The summed E-state index contributed by atoms with van der Waals surface area (Å²) in [6, 6.07) is 0. The number of carbonyl (C=O) groups is 1. The SMILES string of the molecule is CCCCC(C(=O)O)=[N+](S(=O)(=O)C(F)(F)F)S(=O)(=O)C(F)(F)F.[LiH]. The second-order valence-electron chi connectivity index (χ2n) is 3.95. The third-order valence-electron chi connectivity index (χ3n) is 2.26. The normalized spacial score (nSPS) is 13.1. The molecule has 0 bridgehead atoms. The first kappa shape index (κ1) is 25.5. The van der Waals surface area contributed by atoms with Gasteiger partial charge in [-0.25, -0.2) is 4.79 Å². The van der Waals surface area contributed by atoms with E-state index >= 15 is 0 Å². The van der Waals surface area contributed by atoms with E-state index in [4.69, 9.17) is 5.11 Å². The minimum absolute atomic E-state index is 0. The Morgan fingerprint density at radius 3 is 1.50 bits per heavy atom. The Morgan fingerprint density at radius 1 is 0.958 bits per heavy atom. The fourth-order valence-electron chi connectivity index (χ4n) is 1.23. The van der Waals surface area contributed by atoms with Gasteiger partial charge in [-0.15, -0.1) is 0 Å². The summed E-state index contributed by atoms with van der Waals surface area (Å²) in [6.45, 7) is 1.36. The molecule has 7 nitrogen and oxygen atoms in total. The van der Waals surface area contributed by atoms with E-state index in [0.29, 0.717) is 0 Å². The number of halogens is 6. The van der Waals surface area contributed by atoms with E-state index < -0.39 is 52.6 Å². The van der Waals surface area contributed by atoms with Gasteiger partial charge in [0.05, 0.1) is 0 Å². The molecule has 0 unspecified atom stereocenters. The van der Waals surface area contributed by atoms with Crippen LogP contribution in [0.3, 0.4) is 0 Å². The molecule has 0 aromatic rings. The predicted octanol–water partition coefficient (Wildman–Crippen LogP) is 0.765. The van der Waals surface area contributed by atoms with Crippen molar-refractivity contribution in [3.63, 3.8) is 0 Å². The number of hydrogen-bond donors (Lipinski definition) is 1. The van der Waals surface area contributed by atoms with Gasteiger partial charge >= 0.3 is 55.9 Å². The van der Waals surface area contributed by atoms with Crippen molar-refractivity contribution >= 4 is 50.6 Å². The van der Waals surface area contributed by atoms with Crippen molar-refractivity contribution in [1.82, 2.24) is 0 Å². The van der Waals surface area contributed by atoms with Crippen LogP contribution < -0.4 is 0 Å². The van der Waals surface area contributed by atoms with Gasteiger partial charge in [0.1, 0.15) is 0 Å². The number of nitrogens with zero attached hydrogens (tertiary/aromatic N) is 1. The fraction of sp³-hybridized carbons (Fsp3) is 0.750. The van der Waals surface area contributed by atoms with E-state index in [1.54, 1.807) is 0 Å². The van der Waals surface area contributed by atoms with Crippen molar-refractivity contribution in [3.8, 4) is 0 Å². The summed E-state index contributed by atoms with van der Waals surface area (Å²) >= 11 is 0. The van der Waals surface area contributed by atoms with Crippen LogP contribution in [0.15, 0.2) is 0 Å². The summed E-state index contributed by atoms with van der Waals surface area (Å²) in [6.07, 6.45) is -1.46. The second kappa shape index (κ2) is 8.06. The first-order valence-electron chi connectivity index (χ1n) is 5.54. The first-order valence-corrected chi connectivity index (χ1v) is 8.42. The molecule has 0 saturated carbocycles. The van der Waals surface area contributed by atoms with Crippen LogP contribution in [0.25, 0.3) is 0 Å². The zero-order valence-electron chi connectivity index (χ0n) is 11.1. The molecule has 0 fully saturated rings. The van der Waals surface area contributed by atoms with Crippen LogP contribution in [0.5, 0.6) is 0 Å². The molecule has 0 spiro atoms. The Labute approximate surface area is 144 Å². The number of aliphatic carboxylic acids is 1. The molecule has 24 heavy (non-hydrogen) atoms. The van der Waals surface area contributed by atoms with Crippen LogP contribution in [0, 0.1) is 0 Å². The molecule has 0 radical (unpaired) electrons. The van der Waals surface area contributed by atoms with Crippen LogP contribution in [-0.2, 0) is 24.8 Å². The number of hydrogen-bond acceptors (Lipinski definition) is 5. The zero-order valence-corrected chi connectivity index (χ0v) is 12.8. The Kier molecular flexibility index (Phi) is 8.55. The molecule has 0 saturated heterocycles. The van der Waals surface area contributed by atoms with Gasteiger partial charge in [-0.2, -0.15) is 43.2 Å². The van der Waals surface area contributed by atoms with E-state index in [2.05, 4.69) is 0 Å². The standard InChI is InChI=1S/C8H9F6NO6S2.Li.H/c1-2-3-4-5(6(16)17)15(22(18,19)7(9,10)11)23(20,21)8(12,13)14;;/h2-4H2,1H3;;/p+1. The Morgan fingerprint density at radius 2 is 1.29 bits per heavy atom. The van der Waals surface area contributed by atoms with Crippen molar-refractivity contribution < 1.29 is 56.5 Å². The number of rotatable bonds is 6. The molecule has 0 heterocycles. The van der Waals surface area contributed by atoms with Gasteiger partial charge in [0.2, 0.25) is 0 Å². The monoisotopic (exact) mass is 402 g/mol. The van der Waals surface area contributed by atoms with E-state index in [1.807, 2.05) is 0 Å². The van der Waals surface area contributed by atoms with Crippen LogP contribution in [0.2, 0.25) is 0 Å². The minimum atomic E-state index is -7.15. The quantitative estimate of drug-likeness (QED) is 0.304. The molecule has 16 heteroatoms. The number of carboxylic acid groups (broad SMARTS) is 1. The molecule has 0 amide bonds. The number of sulfonamides is 2. The Hall–Kier alpha value is -0.783. The number of unbranched alkanes of at least 4 members (excludes halogenated alkanes) is 1. The van der Waals surface area contributed by atoms with Gasteiger partial charge in [0, 0.05) is 9.81 Å².